The van der Waals surface area contributed by atoms with Crippen molar-refractivity contribution in [2.24, 2.45) is 0 Å². The second-order valence-electron chi connectivity index (χ2n) is 18.7. The first-order chi connectivity index (χ1) is 35.2. The molecule has 1 unspecified atom stereocenters. The highest BCUT2D eigenvalue weighted by atomic mass is 16.5. The van der Waals surface area contributed by atoms with E-state index >= 15 is 0 Å². The van der Waals surface area contributed by atoms with Crippen molar-refractivity contribution in [3.05, 3.63) is 253 Å². The van der Waals surface area contributed by atoms with Gasteiger partial charge in [0.25, 0.3) is 0 Å². The first-order valence-corrected chi connectivity index (χ1v) is 24.1. The van der Waals surface area contributed by atoms with Gasteiger partial charge in [0.05, 0.1) is 49.9 Å². The number of ether oxygens (including phenoxy) is 1. The quantitative estimate of drug-likeness (QED) is 0.176. The molecule has 0 fully saturated rings. The van der Waals surface area contributed by atoms with E-state index in [0.717, 1.165) is 117 Å². The zero-order chi connectivity index (χ0) is 46.4. The molecule has 2 aliphatic rings. The maximum absolute atomic E-state index is 6.89. The molecule has 0 N–H and O–H groups in total. The maximum atomic E-state index is 6.89. The highest BCUT2D eigenvalue weighted by molar-refractivity contribution is 6.12. The molecule has 7 heteroatoms. The van der Waals surface area contributed by atoms with Crippen LogP contribution in [0.2, 0.25) is 0 Å². The molecule has 71 heavy (non-hydrogen) atoms. The van der Waals surface area contributed by atoms with Crippen LogP contribution in [0.3, 0.4) is 0 Å². The molecular formula is C64H38N6O. The van der Waals surface area contributed by atoms with Crippen LogP contribution in [-0.4, -0.2) is 28.7 Å². The first-order valence-electron chi connectivity index (χ1n) is 24.1. The molecule has 16 rings (SSSR count). The second-order valence-corrected chi connectivity index (χ2v) is 18.7. The molecule has 330 valence electrons. The number of pyridine rings is 3. The maximum Gasteiger partial charge on any atom is 0.140 e. The van der Waals surface area contributed by atoms with E-state index in [0.29, 0.717) is 0 Å². The lowest BCUT2D eigenvalue weighted by Crippen LogP contribution is -2.32. The van der Waals surface area contributed by atoms with E-state index in [9.17, 15) is 0 Å². The van der Waals surface area contributed by atoms with Crippen molar-refractivity contribution in [3.63, 3.8) is 0 Å². The Labute approximate surface area is 406 Å². The molecule has 0 radical (unpaired) electrons. The van der Waals surface area contributed by atoms with Crippen LogP contribution in [0.5, 0.6) is 11.5 Å². The van der Waals surface area contributed by atoms with E-state index in [1.807, 2.05) is 12.4 Å². The number of rotatable bonds is 4. The summed E-state index contributed by atoms with van der Waals surface area (Å²) in [6, 6.07) is 78.1. The Balaban J connectivity index is 0.894. The molecule has 1 aliphatic heterocycles. The molecule has 1 atom stereocenters. The predicted octanol–water partition coefficient (Wildman–Crippen LogP) is 15.3. The zero-order valence-electron chi connectivity index (χ0n) is 38.0. The Hall–Kier alpha value is -9.59. The lowest BCUT2D eigenvalue weighted by atomic mass is 9.66. The standard InChI is InChI=1S/C64H38N6O/c1-7-22-52-42(15-1)43-16-2-8-23-53(43)68(52)41-31-33-59-50(37-41)64(48-20-6-12-27-58(48)71-59)49-21-14-34-65-62(49)63-51(64)36-40(38-66-63)39-30-32-57-47(35-39)46-19-5-11-26-56(46)70(57)61-29-13-28-60(67-61)69-54-24-9-3-17-44(54)45-18-4-10-25-55(45)69/h1-38H. The molecule has 0 amide bonds. The minimum atomic E-state index is -0.784. The fourth-order valence-electron chi connectivity index (χ4n) is 12.3. The van der Waals surface area contributed by atoms with Gasteiger partial charge < -0.3 is 9.30 Å². The van der Waals surface area contributed by atoms with Gasteiger partial charge in [0.15, 0.2) is 0 Å². The minimum absolute atomic E-state index is 0.784. The predicted molar refractivity (Wildman–Crippen MR) is 286 cm³/mol. The van der Waals surface area contributed by atoms with Crippen LogP contribution in [0.1, 0.15) is 22.3 Å². The Morgan fingerprint density at radius 3 is 1.51 bits per heavy atom. The van der Waals surface area contributed by atoms with Crippen LogP contribution in [-0.2, 0) is 5.41 Å². The lowest BCUT2D eigenvalue weighted by Gasteiger charge is -2.39. The van der Waals surface area contributed by atoms with Crippen LogP contribution < -0.4 is 4.74 Å². The summed E-state index contributed by atoms with van der Waals surface area (Å²) < 4.78 is 13.9. The van der Waals surface area contributed by atoms with Crippen LogP contribution in [0.4, 0.5) is 0 Å². The van der Waals surface area contributed by atoms with E-state index in [1.165, 1.54) is 21.5 Å². The fourth-order valence-corrected chi connectivity index (χ4v) is 12.3. The molecule has 1 aliphatic carbocycles. The van der Waals surface area contributed by atoms with Crippen molar-refractivity contribution < 1.29 is 4.74 Å². The molecule has 6 aromatic heterocycles. The van der Waals surface area contributed by atoms with Crippen LogP contribution >= 0.6 is 0 Å². The van der Waals surface area contributed by atoms with Crippen molar-refractivity contribution in [1.82, 2.24) is 28.7 Å². The van der Waals surface area contributed by atoms with Gasteiger partial charge in [0.1, 0.15) is 23.1 Å². The number of fused-ring (bicyclic) bond motifs is 18. The average molecular weight is 907 g/mol. The van der Waals surface area contributed by atoms with Crippen LogP contribution in [0.15, 0.2) is 231 Å². The Morgan fingerprint density at radius 2 is 0.859 bits per heavy atom. The van der Waals surface area contributed by atoms with Gasteiger partial charge in [-0.2, -0.15) is 0 Å². The highest BCUT2D eigenvalue weighted by Gasteiger charge is 2.52. The number of aromatic nitrogens is 6. The highest BCUT2D eigenvalue weighted by Crippen LogP contribution is 2.62. The normalized spacial score (nSPS) is 14.6. The summed E-state index contributed by atoms with van der Waals surface area (Å²) in [4.78, 5) is 15.9. The summed E-state index contributed by atoms with van der Waals surface area (Å²) in [5, 5.41) is 7.15. The number of hydrogen-bond acceptors (Lipinski definition) is 4. The number of benzene rings is 8. The SMILES string of the molecule is c1cc(-n2c3ccccc3c3ccccc32)nc(-n2c3ccccc3c3cc(-c4cnc5c(c4)C4(c6ccccc6Oc6ccc(-n7c8ccccc8c8ccccc87)cc64)c4cccnc4-5)ccc32)c1. The Bertz CT molecular complexity index is 4490. The van der Waals surface area contributed by atoms with Crippen molar-refractivity contribution in [2.75, 3.05) is 0 Å². The summed E-state index contributed by atoms with van der Waals surface area (Å²) in [5.41, 5.74) is 15.1. The molecule has 7 heterocycles. The molecular weight excluding hydrogens is 869 g/mol. The molecule has 7 nitrogen and oxygen atoms in total. The summed E-state index contributed by atoms with van der Waals surface area (Å²) in [6.45, 7) is 0. The third-order valence-electron chi connectivity index (χ3n) is 15.2. The smallest absolute Gasteiger partial charge is 0.140 e. The van der Waals surface area contributed by atoms with E-state index in [2.05, 4.69) is 232 Å². The zero-order valence-corrected chi connectivity index (χ0v) is 38.0. The topological polar surface area (TPSA) is 62.7 Å². The number of hydrogen-bond donors (Lipinski definition) is 0. The first kappa shape index (κ1) is 38.4. The van der Waals surface area contributed by atoms with Gasteiger partial charge in [-0.25, -0.2) is 4.98 Å². The summed E-state index contributed by atoms with van der Waals surface area (Å²) in [7, 11) is 0. The van der Waals surface area contributed by atoms with Crippen LogP contribution in [0.25, 0.3) is 105 Å². The van der Waals surface area contributed by atoms with Gasteiger partial charge in [-0.15, -0.1) is 0 Å². The minimum Gasteiger partial charge on any atom is -0.457 e. The third-order valence-corrected chi connectivity index (χ3v) is 15.2. The summed E-state index contributed by atoms with van der Waals surface area (Å²) in [6.07, 6.45) is 3.91. The van der Waals surface area contributed by atoms with E-state index in [4.69, 9.17) is 19.7 Å². The van der Waals surface area contributed by atoms with Gasteiger partial charge in [-0.3, -0.25) is 19.1 Å². The summed E-state index contributed by atoms with van der Waals surface area (Å²) >= 11 is 0. The molecule has 0 saturated carbocycles. The second kappa shape index (κ2) is 14.2. The summed E-state index contributed by atoms with van der Waals surface area (Å²) in [5.74, 6) is 3.36. The van der Waals surface area contributed by atoms with Gasteiger partial charge in [-0.05, 0) is 102 Å². The number of para-hydroxylation sites is 6. The Morgan fingerprint density at radius 1 is 0.338 bits per heavy atom. The Kier molecular flexibility index (Phi) is 7.69. The largest absolute Gasteiger partial charge is 0.457 e. The van der Waals surface area contributed by atoms with Gasteiger partial charge in [0.2, 0.25) is 0 Å². The van der Waals surface area contributed by atoms with Gasteiger partial charge >= 0.3 is 0 Å². The van der Waals surface area contributed by atoms with Gasteiger partial charge in [-0.1, -0.05) is 127 Å². The van der Waals surface area contributed by atoms with E-state index in [1.54, 1.807) is 0 Å². The average Bonchev–Trinajstić information content (AvgIpc) is 4.15. The lowest BCUT2D eigenvalue weighted by molar-refractivity contribution is 0.436. The molecule has 14 aromatic rings. The molecule has 8 aromatic carbocycles. The molecule has 1 spiro atoms. The van der Waals surface area contributed by atoms with E-state index < -0.39 is 5.41 Å². The monoisotopic (exact) mass is 906 g/mol. The van der Waals surface area contributed by atoms with Crippen molar-refractivity contribution in [3.8, 4) is 51.3 Å². The van der Waals surface area contributed by atoms with Crippen molar-refractivity contribution in [2.45, 2.75) is 5.41 Å². The molecule has 0 saturated heterocycles. The van der Waals surface area contributed by atoms with Crippen molar-refractivity contribution in [1.29, 1.82) is 0 Å². The third kappa shape index (κ3) is 5.13. The van der Waals surface area contributed by atoms with Crippen molar-refractivity contribution >= 4 is 65.4 Å². The van der Waals surface area contributed by atoms with Crippen LogP contribution in [0, 0.1) is 0 Å². The number of nitrogens with zero attached hydrogens (tertiary/aromatic N) is 6. The van der Waals surface area contributed by atoms with E-state index in [-0.39, 0.29) is 0 Å². The van der Waals surface area contributed by atoms with Gasteiger partial charge in [0, 0.05) is 72.7 Å². The fraction of sp³-hybridized carbons (Fsp3) is 0.0156. The molecule has 0 bridgehead atoms.